The van der Waals surface area contributed by atoms with Crippen molar-refractivity contribution in [3.05, 3.63) is 23.9 Å². The molecule has 2 amide bonds. The SMILES string of the molecule is CCOc1ccc2nc3c(nc2c1)O[C@H]1CN(C(=O)[C@H](C(C)(C)C)NC(=O)O[C@@H]2CCC[C@H]2CCCCC3)[C@H](C(C)=O)[C@@H]1CC. The maximum Gasteiger partial charge on any atom is 0.408 e. The van der Waals surface area contributed by atoms with Crippen molar-refractivity contribution >= 4 is 28.8 Å². The number of amides is 2. The van der Waals surface area contributed by atoms with Crippen molar-refractivity contribution < 1.29 is 28.6 Å². The fourth-order valence-electron chi connectivity index (χ4n) is 7.42. The predicted molar refractivity (Wildman–Crippen MR) is 171 cm³/mol. The molecule has 3 heterocycles. The molecule has 2 aliphatic heterocycles. The molecule has 10 nitrogen and oxygen atoms in total. The lowest BCUT2D eigenvalue weighted by Gasteiger charge is -2.35. The van der Waals surface area contributed by atoms with E-state index in [2.05, 4.69) is 5.32 Å². The van der Waals surface area contributed by atoms with E-state index in [4.69, 9.17) is 24.2 Å². The molecule has 246 valence electrons. The van der Waals surface area contributed by atoms with Gasteiger partial charge in [-0.2, -0.15) is 0 Å². The van der Waals surface area contributed by atoms with Crippen LogP contribution in [0, 0.1) is 17.3 Å². The third-order valence-corrected chi connectivity index (χ3v) is 9.72. The summed E-state index contributed by atoms with van der Waals surface area (Å²) in [4.78, 5) is 52.3. The van der Waals surface area contributed by atoms with E-state index in [1.165, 1.54) is 6.92 Å². The highest BCUT2D eigenvalue weighted by Gasteiger charge is 2.50. The normalized spacial score (nSPS) is 28.3. The molecule has 6 atom stereocenters. The second-order valence-corrected chi connectivity index (χ2v) is 14.0. The molecule has 1 aliphatic carbocycles. The number of carbonyl (C=O) groups is 3. The number of hydrogen-bond donors (Lipinski definition) is 1. The predicted octanol–water partition coefficient (Wildman–Crippen LogP) is 6.03. The Hall–Kier alpha value is -3.43. The molecule has 0 spiro atoms. The number of Topliss-reactive ketones (excluding diaryl/α,β-unsaturated/α-hetero) is 1. The molecule has 2 aromatic rings. The highest BCUT2D eigenvalue weighted by atomic mass is 16.6. The summed E-state index contributed by atoms with van der Waals surface area (Å²) in [5, 5.41) is 2.91. The summed E-state index contributed by atoms with van der Waals surface area (Å²) in [6, 6.07) is 4.15. The first-order valence-corrected chi connectivity index (χ1v) is 16.9. The standard InChI is InChI=1S/C35H50N4O6/c1-7-24-29-20-39(30(24)21(3)40)33(41)31(35(4,5)6)38-34(42)45-28-16-12-14-22(28)13-10-9-11-15-26-32(44-29)37-27-19-23(43-8-2)17-18-25(27)36-26/h17-19,22,24,28-31H,7-16,20H2,1-6H3,(H,38,42)/t22-,24-,28-,29+,30-,31-/m1/s1. The summed E-state index contributed by atoms with van der Waals surface area (Å²) in [6.45, 7) is 12.0. The zero-order chi connectivity index (χ0) is 32.3. The first kappa shape index (κ1) is 32.9. The summed E-state index contributed by atoms with van der Waals surface area (Å²) in [5.41, 5.74) is 1.61. The van der Waals surface area contributed by atoms with Crippen LogP contribution in [0.15, 0.2) is 18.2 Å². The Kier molecular flexibility index (Phi) is 10.2. The molecule has 3 aliphatic rings. The average Bonchev–Trinajstić information content (AvgIpc) is 3.58. The van der Waals surface area contributed by atoms with E-state index in [-0.39, 0.29) is 30.3 Å². The summed E-state index contributed by atoms with van der Waals surface area (Å²) in [6.07, 6.45) is 6.97. The number of carbonyl (C=O) groups excluding carboxylic acids is 3. The van der Waals surface area contributed by atoms with Crippen molar-refractivity contribution in [2.24, 2.45) is 17.3 Å². The van der Waals surface area contributed by atoms with Gasteiger partial charge in [0.2, 0.25) is 11.8 Å². The molecule has 2 bridgehead atoms. The van der Waals surface area contributed by atoms with Gasteiger partial charge >= 0.3 is 6.09 Å². The van der Waals surface area contributed by atoms with Gasteiger partial charge in [0.05, 0.1) is 30.2 Å². The molecule has 1 saturated heterocycles. The lowest BCUT2D eigenvalue weighted by molar-refractivity contribution is -0.141. The van der Waals surface area contributed by atoms with Crippen molar-refractivity contribution in [2.75, 3.05) is 13.2 Å². The van der Waals surface area contributed by atoms with Crippen molar-refractivity contribution in [1.29, 1.82) is 0 Å². The summed E-state index contributed by atoms with van der Waals surface area (Å²) >= 11 is 0. The lowest BCUT2D eigenvalue weighted by atomic mass is 9.85. The summed E-state index contributed by atoms with van der Waals surface area (Å²) in [7, 11) is 0. The second kappa shape index (κ2) is 13.9. The van der Waals surface area contributed by atoms with E-state index in [1.807, 2.05) is 52.8 Å². The number of nitrogens with one attached hydrogen (secondary N) is 1. The van der Waals surface area contributed by atoms with Gasteiger partial charge in [-0.05, 0) is 82.3 Å². The van der Waals surface area contributed by atoms with E-state index in [1.54, 1.807) is 4.90 Å². The van der Waals surface area contributed by atoms with Gasteiger partial charge in [0.25, 0.3) is 0 Å². The van der Waals surface area contributed by atoms with E-state index < -0.39 is 29.7 Å². The van der Waals surface area contributed by atoms with Gasteiger partial charge in [-0.15, -0.1) is 0 Å². The van der Waals surface area contributed by atoms with Gasteiger partial charge in [0.15, 0.2) is 5.78 Å². The molecule has 2 fully saturated rings. The molecule has 1 saturated carbocycles. The maximum atomic E-state index is 14.3. The number of benzene rings is 1. The largest absolute Gasteiger partial charge is 0.494 e. The third kappa shape index (κ3) is 7.36. The lowest BCUT2D eigenvalue weighted by Crippen LogP contribution is -2.57. The van der Waals surface area contributed by atoms with Crippen LogP contribution in [0.4, 0.5) is 4.79 Å². The Bertz CT molecular complexity index is 1390. The number of aromatic nitrogens is 2. The Morgan fingerprint density at radius 2 is 1.78 bits per heavy atom. The molecule has 1 aromatic carbocycles. The van der Waals surface area contributed by atoms with Gasteiger partial charge < -0.3 is 24.4 Å². The fraction of sp³-hybridized carbons (Fsp3) is 0.686. The summed E-state index contributed by atoms with van der Waals surface area (Å²) < 4.78 is 18.4. The van der Waals surface area contributed by atoms with Crippen LogP contribution in [0.25, 0.3) is 11.0 Å². The quantitative estimate of drug-likeness (QED) is 0.439. The number of nitrogens with zero attached hydrogens (tertiary/aromatic N) is 3. The van der Waals surface area contributed by atoms with Crippen LogP contribution < -0.4 is 14.8 Å². The number of ether oxygens (including phenoxy) is 3. The minimum absolute atomic E-state index is 0.109. The molecule has 10 heteroatoms. The van der Waals surface area contributed by atoms with E-state index in [0.717, 1.165) is 56.2 Å². The number of hydrogen-bond acceptors (Lipinski definition) is 8. The molecule has 0 unspecified atom stereocenters. The first-order chi connectivity index (χ1) is 21.5. The number of alkyl carbamates (subject to hydrolysis) is 1. The molecular weight excluding hydrogens is 572 g/mol. The van der Waals surface area contributed by atoms with Crippen LogP contribution in [-0.2, 0) is 20.7 Å². The average molecular weight is 623 g/mol. The molecular formula is C35H50N4O6. The van der Waals surface area contributed by atoms with Gasteiger partial charge in [-0.1, -0.05) is 40.5 Å². The number of ketones is 1. The minimum atomic E-state index is -0.880. The van der Waals surface area contributed by atoms with Crippen LogP contribution in [-0.4, -0.2) is 70.1 Å². The zero-order valence-corrected chi connectivity index (χ0v) is 27.8. The Morgan fingerprint density at radius 3 is 2.49 bits per heavy atom. The van der Waals surface area contributed by atoms with E-state index >= 15 is 0 Å². The summed E-state index contributed by atoms with van der Waals surface area (Å²) in [5.74, 6) is 0.804. The van der Waals surface area contributed by atoms with Crippen molar-refractivity contribution in [3.63, 3.8) is 0 Å². The number of aryl methyl sites for hydroxylation is 1. The number of fused-ring (bicyclic) bond motifs is 5. The monoisotopic (exact) mass is 622 g/mol. The highest BCUT2D eigenvalue weighted by Crippen LogP contribution is 2.36. The zero-order valence-electron chi connectivity index (χ0n) is 27.8. The van der Waals surface area contributed by atoms with Crippen LogP contribution in [0.3, 0.4) is 0 Å². The first-order valence-electron chi connectivity index (χ1n) is 16.9. The minimum Gasteiger partial charge on any atom is -0.494 e. The Labute approximate surface area is 267 Å². The van der Waals surface area contributed by atoms with Crippen LogP contribution >= 0.6 is 0 Å². The Morgan fingerprint density at radius 1 is 1.00 bits per heavy atom. The van der Waals surface area contributed by atoms with Crippen LogP contribution in [0.2, 0.25) is 0 Å². The fourth-order valence-corrected chi connectivity index (χ4v) is 7.42. The smallest absolute Gasteiger partial charge is 0.408 e. The van der Waals surface area contributed by atoms with Gasteiger partial charge in [0.1, 0.15) is 29.7 Å². The topological polar surface area (TPSA) is 120 Å². The van der Waals surface area contributed by atoms with Gasteiger partial charge in [-0.25, -0.2) is 14.8 Å². The maximum absolute atomic E-state index is 14.3. The third-order valence-electron chi connectivity index (χ3n) is 9.72. The number of rotatable bonds is 4. The highest BCUT2D eigenvalue weighted by molar-refractivity contribution is 5.92. The van der Waals surface area contributed by atoms with Crippen molar-refractivity contribution in [2.45, 2.75) is 124 Å². The Balaban J connectivity index is 1.54. The van der Waals surface area contributed by atoms with Crippen LogP contribution in [0.1, 0.15) is 98.6 Å². The molecule has 5 rings (SSSR count). The molecule has 1 aromatic heterocycles. The second-order valence-electron chi connectivity index (χ2n) is 14.0. The van der Waals surface area contributed by atoms with E-state index in [9.17, 15) is 14.4 Å². The van der Waals surface area contributed by atoms with Crippen LogP contribution in [0.5, 0.6) is 11.6 Å². The van der Waals surface area contributed by atoms with E-state index in [0.29, 0.717) is 42.5 Å². The van der Waals surface area contributed by atoms with Gasteiger partial charge in [0, 0.05) is 12.0 Å². The van der Waals surface area contributed by atoms with Crippen molar-refractivity contribution in [1.82, 2.24) is 20.2 Å². The van der Waals surface area contributed by atoms with Gasteiger partial charge in [-0.3, -0.25) is 9.59 Å². The molecule has 0 radical (unpaired) electrons. The molecule has 1 N–H and O–H groups in total. The molecule has 45 heavy (non-hydrogen) atoms. The van der Waals surface area contributed by atoms with Crippen molar-refractivity contribution in [3.8, 4) is 11.6 Å².